The summed E-state index contributed by atoms with van der Waals surface area (Å²) in [5, 5.41) is 5.35. The lowest BCUT2D eigenvalue weighted by molar-refractivity contribution is 0.146. The van der Waals surface area contributed by atoms with Gasteiger partial charge in [0.25, 0.3) is 0 Å². The summed E-state index contributed by atoms with van der Waals surface area (Å²) in [5.41, 5.74) is 1.39. The molecule has 2 rings (SSSR count). The average Bonchev–Trinajstić information content (AvgIpc) is 2.60. The first kappa shape index (κ1) is 17.7. The minimum atomic E-state index is -0.348. The number of hydrogen-bond acceptors (Lipinski definition) is 3. The van der Waals surface area contributed by atoms with Crippen LogP contribution in [-0.2, 0) is 17.8 Å². The Morgan fingerprint density at radius 1 is 1.00 bits per heavy atom. The highest BCUT2D eigenvalue weighted by atomic mass is 19.1. The van der Waals surface area contributed by atoms with Gasteiger partial charge < -0.3 is 20.1 Å². The molecule has 0 radical (unpaired) electrons. The standard InChI is InChI=1S/C18H21FN2O3/c1-23-10-11-24-16-8-6-14(7-9-16)12-20-18(22)21-13-15-4-2-3-5-17(15)19/h2-9H,10-13H2,1H3,(H2,20,21,22). The van der Waals surface area contributed by atoms with E-state index in [4.69, 9.17) is 9.47 Å². The van der Waals surface area contributed by atoms with Crippen LogP contribution < -0.4 is 15.4 Å². The van der Waals surface area contributed by atoms with E-state index in [1.54, 1.807) is 25.3 Å². The van der Waals surface area contributed by atoms with Crippen LogP contribution in [0.15, 0.2) is 48.5 Å². The number of rotatable bonds is 8. The molecule has 2 aromatic rings. The molecule has 24 heavy (non-hydrogen) atoms. The van der Waals surface area contributed by atoms with E-state index in [-0.39, 0.29) is 18.4 Å². The van der Waals surface area contributed by atoms with E-state index in [1.165, 1.54) is 6.07 Å². The second-order valence-electron chi connectivity index (χ2n) is 5.11. The van der Waals surface area contributed by atoms with Crippen LogP contribution in [0.3, 0.4) is 0 Å². The molecule has 0 unspecified atom stereocenters. The molecule has 0 heterocycles. The third-order valence-electron chi connectivity index (χ3n) is 3.33. The predicted octanol–water partition coefficient (Wildman–Crippen LogP) is 2.85. The predicted molar refractivity (Wildman–Crippen MR) is 89.3 cm³/mol. The molecule has 0 aliphatic carbocycles. The zero-order valence-electron chi connectivity index (χ0n) is 13.5. The zero-order valence-corrected chi connectivity index (χ0v) is 13.5. The highest BCUT2D eigenvalue weighted by Crippen LogP contribution is 2.12. The third-order valence-corrected chi connectivity index (χ3v) is 3.33. The molecule has 0 spiro atoms. The van der Waals surface area contributed by atoms with E-state index < -0.39 is 0 Å². The maximum atomic E-state index is 13.4. The van der Waals surface area contributed by atoms with Gasteiger partial charge in [-0.1, -0.05) is 30.3 Å². The fourth-order valence-corrected chi connectivity index (χ4v) is 2.01. The number of urea groups is 1. The number of carbonyl (C=O) groups excluding carboxylic acids is 1. The van der Waals surface area contributed by atoms with Crippen molar-refractivity contribution < 1.29 is 18.7 Å². The summed E-state index contributed by atoms with van der Waals surface area (Å²) in [6.07, 6.45) is 0. The van der Waals surface area contributed by atoms with Gasteiger partial charge in [-0.2, -0.15) is 0 Å². The molecule has 0 saturated carbocycles. The smallest absolute Gasteiger partial charge is 0.315 e. The maximum Gasteiger partial charge on any atom is 0.315 e. The fraction of sp³-hybridized carbons (Fsp3) is 0.278. The summed E-state index contributed by atoms with van der Waals surface area (Å²) in [5.74, 6) is 0.418. The van der Waals surface area contributed by atoms with Gasteiger partial charge in [-0.05, 0) is 23.8 Å². The fourth-order valence-electron chi connectivity index (χ4n) is 2.01. The van der Waals surface area contributed by atoms with Gasteiger partial charge in [0.05, 0.1) is 6.61 Å². The maximum absolute atomic E-state index is 13.4. The number of halogens is 1. The van der Waals surface area contributed by atoms with Gasteiger partial charge in [-0.25, -0.2) is 9.18 Å². The average molecular weight is 332 g/mol. The van der Waals surface area contributed by atoms with E-state index in [2.05, 4.69) is 10.6 Å². The first-order valence-corrected chi connectivity index (χ1v) is 7.65. The van der Waals surface area contributed by atoms with Crippen molar-refractivity contribution >= 4 is 6.03 Å². The van der Waals surface area contributed by atoms with Crippen molar-refractivity contribution in [3.05, 3.63) is 65.5 Å². The Bertz CT molecular complexity index is 647. The number of carbonyl (C=O) groups is 1. The first-order chi connectivity index (χ1) is 11.7. The van der Waals surface area contributed by atoms with Gasteiger partial charge in [-0.15, -0.1) is 0 Å². The molecule has 0 bridgehead atoms. The number of ether oxygens (including phenoxy) is 2. The molecule has 128 valence electrons. The quantitative estimate of drug-likeness (QED) is 0.731. The molecular weight excluding hydrogens is 311 g/mol. The molecule has 5 nitrogen and oxygen atoms in total. The van der Waals surface area contributed by atoms with Crippen LogP contribution >= 0.6 is 0 Å². The van der Waals surface area contributed by atoms with E-state index in [0.29, 0.717) is 25.3 Å². The van der Waals surface area contributed by atoms with Crippen molar-refractivity contribution in [3.63, 3.8) is 0 Å². The summed E-state index contributed by atoms with van der Waals surface area (Å²) in [6.45, 7) is 1.55. The number of hydrogen-bond donors (Lipinski definition) is 2. The molecule has 0 atom stereocenters. The Labute approximate surface area is 140 Å². The summed E-state index contributed by atoms with van der Waals surface area (Å²) in [6, 6.07) is 13.4. The van der Waals surface area contributed by atoms with Crippen molar-refractivity contribution in [3.8, 4) is 5.75 Å². The van der Waals surface area contributed by atoms with Crippen LogP contribution in [0.5, 0.6) is 5.75 Å². The minimum absolute atomic E-state index is 0.144. The van der Waals surface area contributed by atoms with Crippen molar-refractivity contribution in [1.82, 2.24) is 10.6 Å². The summed E-state index contributed by atoms with van der Waals surface area (Å²) < 4.78 is 23.8. The van der Waals surface area contributed by atoms with E-state index >= 15 is 0 Å². The lowest BCUT2D eigenvalue weighted by atomic mass is 10.2. The van der Waals surface area contributed by atoms with E-state index in [1.807, 2.05) is 24.3 Å². The summed E-state index contributed by atoms with van der Waals surface area (Å²) in [4.78, 5) is 11.8. The van der Waals surface area contributed by atoms with Crippen molar-refractivity contribution in [2.75, 3.05) is 20.3 Å². The second-order valence-corrected chi connectivity index (χ2v) is 5.11. The van der Waals surface area contributed by atoms with Gasteiger partial charge in [-0.3, -0.25) is 0 Å². The zero-order chi connectivity index (χ0) is 17.2. The number of nitrogens with one attached hydrogen (secondary N) is 2. The SMILES string of the molecule is COCCOc1ccc(CNC(=O)NCc2ccccc2F)cc1. The number of methoxy groups -OCH3 is 1. The Balaban J connectivity index is 1.72. The minimum Gasteiger partial charge on any atom is -0.491 e. The molecule has 0 saturated heterocycles. The molecule has 2 amide bonds. The highest BCUT2D eigenvalue weighted by Gasteiger charge is 2.04. The van der Waals surface area contributed by atoms with Crippen molar-refractivity contribution in [2.45, 2.75) is 13.1 Å². The Morgan fingerprint density at radius 2 is 1.71 bits per heavy atom. The van der Waals surface area contributed by atoms with E-state index in [0.717, 1.165) is 11.3 Å². The van der Waals surface area contributed by atoms with Gasteiger partial charge >= 0.3 is 6.03 Å². The van der Waals surface area contributed by atoms with Crippen LogP contribution in [-0.4, -0.2) is 26.4 Å². The molecule has 6 heteroatoms. The molecule has 0 aliphatic heterocycles. The molecule has 0 aliphatic rings. The lowest BCUT2D eigenvalue weighted by Gasteiger charge is -2.09. The highest BCUT2D eigenvalue weighted by molar-refractivity contribution is 5.73. The Hall–Kier alpha value is -2.60. The Morgan fingerprint density at radius 3 is 2.42 bits per heavy atom. The van der Waals surface area contributed by atoms with Gasteiger partial charge in [0.1, 0.15) is 18.2 Å². The van der Waals surface area contributed by atoms with Crippen LogP contribution in [0.4, 0.5) is 9.18 Å². The monoisotopic (exact) mass is 332 g/mol. The number of benzene rings is 2. The van der Waals surface area contributed by atoms with E-state index in [9.17, 15) is 9.18 Å². The van der Waals surface area contributed by atoms with Crippen LogP contribution in [0.2, 0.25) is 0 Å². The summed E-state index contributed by atoms with van der Waals surface area (Å²) >= 11 is 0. The molecule has 0 fully saturated rings. The normalized spacial score (nSPS) is 10.2. The molecule has 2 N–H and O–H groups in total. The van der Waals surface area contributed by atoms with Gasteiger partial charge in [0, 0.05) is 25.8 Å². The van der Waals surface area contributed by atoms with Crippen molar-refractivity contribution in [1.29, 1.82) is 0 Å². The second kappa shape index (κ2) is 9.52. The van der Waals surface area contributed by atoms with Gasteiger partial charge in [0.2, 0.25) is 0 Å². The molecule has 0 aromatic heterocycles. The third kappa shape index (κ3) is 5.89. The van der Waals surface area contributed by atoms with Crippen LogP contribution in [0.1, 0.15) is 11.1 Å². The lowest BCUT2D eigenvalue weighted by Crippen LogP contribution is -2.34. The molecule has 2 aromatic carbocycles. The Kier molecular flexibility index (Phi) is 7.04. The summed E-state index contributed by atoms with van der Waals surface area (Å²) in [7, 11) is 1.62. The van der Waals surface area contributed by atoms with Crippen LogP contribution in [0.25, 0.3) is 0 Å². The largest absolute Gasteiger partial charge is 0.491 e. The molecular formula is C18H21FN2O3. The topological polar surface area (TPSA) is 59.6 Å². The van der Waals surface area contributed by atoms with Crippen molar-refractivity contribution in [2.24, 2.45) is 0 Å². The number of amides is 2. The first-order valence-electron chi connectivity index (χ1n) is 7.65. The van der Waals surface area contributed by atoms with Gasteiger partial charge in [0.15, 0.2) is 0 Å². The van der Waals surface area contributed by atoms with Crippen LogP contribution in [0, 0.1) is 5.82 Å².